The van der Waals surface area contributed by atoms with E-state index >= 15 is 0 Å². The summed E-state index contributed by atoms with van der Waals surface area (Å²) in [5.74, 6) is -0.944. The van der Waals surface area contributed by atoms with E-state index in [2.05, 4.69) is 93.7 Å². The van der Waals surface area contributed by atoms with Gasteiger partial charge in [-0.05, 0) is 96.3 Å². The monoisotopic (exact) mass is 931 g/mol. The number of hydrogen-bond donors (Lipinski definition) is 0. The Hall–Kier alpha value is -3.67. The highest BCUT2D eigenvalue weighted by Crippen LogP contribution is 2.14. The lowest BCUT2D eigenvalue weighted by atomic mass is 10.1. The molecule has 0 radical (unpaired) electrons. The molecule has 0 fully saturated rings. The summed E-state index contributed by atoms with van der Waals surface area (Å²) >= 11 is 0. The molecule has 67 heavy (non-hydrogen) atoms. The Kier molecular flexibility index (Phi) is 51.9. The van der Waals surface area contributed by atoms with Crippen molar-refractivity contribution in [3.8, 4) is 0 Å². The van der Waals surface area contributed by atoms with Crippen molar-refractivity contribution in [3.63, 3.8) is 0 Å². The van der Waals surface area contributed by atoms with Gasteiger partial charge < -0.3 is 14.2 Å². The minimum absolute atomic E-state index is 0.0978. The Labute approximate surface area is 413 Å². The average Bonchev–Trinajstić information content (AvgIpc) is 3.33. The molecule has 0 aromatic heterocycles. The SMILES string of the molecule is CCC\C=C/C=C\C=C/C=C\C=C/CCCCCCCC(=O)OCC(COC(=O)CCCCC/C=C\CCCCCCCCC)OC(=O)CCCCCCCCC/C=C\C/C=C\CCCCC. The lowest BCUT2D eigenvalue weighted by Crippen LogP contribution is -2.30. The van der Waals surface area contributed by atoms with Crippen LogP contribution in [0.1, 0.15) is 252 Å². The van der Waals surface area contributed by atoms with E-state index in [1.165, 1.54) is 103 Å². The van der Waals surface area contributed by atoms with Crippen molar-refractivity contribution in [2.75, 3.05) is 13.2 Å². The van der Waals surface area contributed by atoms with Gasteiger partial charge in [-0.25, -0.2) is 0 Å². The van der Waals surface area contributed by atoms with Crippen LogP contribution in [-0.4, -0.2) is 37.2 Å². The Balaban J connectivity index is 4.48. The number of unbranched alkanes of at least 4 members (excludes halogenated alkanes) is 26. The van der Waals surface area contributed by atoms with E-state index < -0.39 is 6.10 Å². The molecule has 0 saturated heterocycles. The Morgan fingerprint density at radius 3 is 1.07 bits per heavy atom. The fourth-order valence-corrected chi connectivity index (χ4v) is 7.44. The summed E-state index contributed by atoms with van der Waals surface area (Å²) in [6.45, 7) is 6.48. The van der Waals surface area contributed by atoms with E-state index in [0.717, 1.165) is 109 Å². The van der Waals surface area contributed by atoms with E-state index in [0.29, 0.717) is 19.3 Å². The molecule has 6 nitrogen and oxygen atoms in total. The van der Waals surface area contributed by atoms with Gasteiger partial charge in [-0.1, -0.05) is 234 Å². The predicted molar refractivity (Wildman–Crippen MR) is 288 cm³/mol. The lowest BCUT2D eigenvalue weighted by molar-refractivity contribution is -0.167. The van der Waals surface area contributed by atoms with Crippen LogP contribution in [0.3, 0.4) is 0 Å². The van der Waals surface area contributed by atoms with Crippen LogP contribution in [0.15, 0.2) is 97.2 Å². The molecule has 0 saturated carbocycles. The molecule has 0 amide bonds. The average molecular weight is 931 g/mol. The maximum atomic E-state index is 12.8. The molecule has 0 bridgehead atoms. The second-order valence-corrected chi connectivity index (χ2v) is 18.3. The van der Waals surface area contributed by atoms with E-state index in [-0.39, 0.29) is 31.1 Å². The molecule has 0 aromatic rings. The zero-order valence-electron chi connectivity index (χ0n) is 43.6. The smallest absolute Gasteiger partial charge is 0.306 e. The highest BCUT2D eigenvalue weighted by Gasteiger charge is 2.19. The van der Waals surface area contributed by atoms with Gasteiger partial charge in [0.1, 0.15) is 13.2 Å². The van der Waals surface area contributed by atoms with Crippen LogP contribution in [0, 0.1) is 0 Å². The zero-order chi connectivity index (χ0) is 48.6. The van der Waals surface area contributed by atoms with Crippen LogP contribution in [0.4, 0.5) is 0 Å². The number of hydrogen-bond acceptors (Lipinski definition) is 6. The summed E-state index contributed by atoms with van der Waals surface area (Å²) in [6, 6.07) is 0. The summed E-state index contributed by atoms with van der Waals surface area (Å²) in [4.78, 5) is 38.1. The number of rotatable bonds is 49. The molecule has 1 atom stereocenters. The van der Waals surface area contributed by atoms with E-state index in [1.54, 1.807) is 0 Å². The van der Waals surface area contributed by atoms with E-state index in [9.17, 15) is 14.4 Å². The molecular formula is C61H102O6. The van der Waals surface area contributed by atoms with Gasteiger partial charge in [0.05, 0.1) is 0 Å². The summed E-state index contributed by atoms with van der Waals surface area (Å²) in [7, 11) is 0. The van der Waals surface area contributed by atoms with Crippen molar-refractivity contribution in [2.45, 2.75) is 258 Å². The number of ether oxygens (including phenoxy) is 3. The van der Waals surface area contributed by atoms with Gasteiger partial charge in [-0.3, -0.25) is 14.4 Å². The maximum absolute atomic E-state index is 12.8. The van der Waals surface area contributed by atoms with Crippen LogP contribution in [-0.2, 0) is 28.6 Å². The maximum Gasteiger partial charge on any atom is 0.306 e. The van der Waals surface area contributed by atoms with Crippen LogP contribution in [0.2, 0.25) is 0 Å². The molecule has 0 rings (SSSR count). The van der Waals surface area contributed by atoms with Gasteiger partial charge in [-0.2, -0.15) is 0 Å². The summed E-state index contributed by atoms with van der Waals surface area (Å²) in [5, 5.41) is 0. The minimum atomic E-state index is -0.800. The molecule has 0 aliphatic heterocycles. The van der Waals surface area contributed by atoms with Crippen LogP contribution >= 0.6 is 0 Å². The highest BCUT2D eigenvalue weighted by molar-refractivity contribution is 5.71. The number of carbonyl (C=O) groups excluding carboxylic acids is 3. The normalized spacial score (nSPS) is 12.8. The number of allylic oxidation sites excluding steroid dienone is 16. The van der Waals surface area contributed by atoms with Crippen molar-refractivity contribution in [1.29, 1.82) is 0 Å². The van der Waals surface area contributed by atoms with Gasteiger partial charge in [0.25, 0.3) is 0 Å². The van der Waals surface area contributed by atoms with Gasteiger partial charge in [-0.15, -0.1) is 0 Å². The Morgan fingerprint density at radius 1 is 0.313 bits per heavy atom. The molecule has 0 heterocycles. The molecule has 1 unspecified atom stereocenters. The first-order chi connectivity index (χ1) is 33.0. The highest BCUT2D eigenvalue weighted by atomic mass is 16.6. The fraction of sp³-hybridized carbons (Fsp3) is 0.689. The first-order valence-corrected chi connectivity index (χ1v) is 27.8. The lowest BCUT2D eigenvalue weighted by Gasteiger charge is -2.18. The topological polar surface area (TPSA) is 78.9 Å². The van der Waals surface area contributed by atoms with Crippen molar-refractivity contribution in [1.82, 2.24) is 0 Å². The fourth-order valence-electron chi connectivity index (χ4n) is 7.44. The summed E-state index contributed by atoms with van der Waals surface area (Å²) in [5.41, 5.74) is 0. The molecule has 0 aliphatic rings. The molecule has 0 spiro atoms. The van der Waals surface area contributed by atoms with E-state index in [1.807, 2.05) is 24.3 Å². The second-order valence-electron chi connectivity index (χ2n) is 18.3. The zero-order valence-corrected chi connectivity index (χ0v) is 43.6. The third-order valence-electron chi connectivity index (χ3n) is 11.6. The molecule has 0 aliphatic carbocycles. The number of carbonyl (C=O) groups is 3. The van der Waals surface area contributed by atoms with E-state index in [4.69, 9.17) is 14.2 Å². The van der Waals surface area contributed by atoms with Gasteiger partial charge in [0.15, 0.2) is 6.10 Å². The summed E-state index contributed by atoms with van der Waals surface area (Å²) < 4.78 is 16.8. The van der Waals surface area contributed by atoms with Crippen molar-refractivity contribution >= 4 is 17.9 Å². The predicted octanol–water partition coefficient (Wildman–Crippen LogP) is 18.5. The molecular weight excluding hydrogens is 829 g/mol. The Morgan fingerprint density at radius 2 is 0.627 bits per heavy atom. The van der Waals surface area contributed by atoms with Crippen molar-refractivity contribution in [3.05, 3.63) is 97.2 Å². The Bertz CT molecular complexity index is 1350. The molecule has 0 N–H and O–H groups in total. The van der Waals surface area contributed by atoms with Gasteiger partial charge >= 0.3 is 17.9 Å². The first-order valence-electron chi connectivity index (χ1n) is 27.8. The van der Waals surface area contributed by atoms with Crippen molar-refractivity contribution < 1.29 is 28.6 Å². The first kappa shape index (κ1) is 63.3. The molecule has 6 heteroatoms. The van der Waals surface area contributed by atoms with Crippen LogP contribution < -0.4 is 0 Å². The van der Waals surface area contributed by atoms with Crippen LogP contribution in [0.5, 0.6) is 0 Å². The molecule has 0 aromatic carbocycles. The van der Waals surface area contributed by atoms with Gasteiger partial charge in [0, 0.05) is 19.3 Å². The third-order valence-corrected chi connectivity index (χ3v) is 11.6. The standard InChI is InChI=1S/C61H102O6/c1-4-7-10-13-16-19-22-25-28-30-32-33-36-39-42-45-48-51-54-60(63)66-57-58(56-65-59(62)53-50-47-44-41-38-35-27-24-21-18-15-12-9-6-3)67-61(64)55-52-49-46-43-40-37-34-31-29-26-23-20-17-14-11-8-5-2/h10,13,16-17,19-20,22,25-26,28-30,32-33,35,38,58H,4-9,11-12,14-15,18,21,23-24,27,31,34,36-37,39-57H2,1-3H3/b13-10-,19-16-,20-17-,25-22-,29-26-,30-28-,33-32-,38-35-. The summed E-state index contributed by atoms with van der Waals surface area (Å²) in [6.07, 6.45) is 72.4. The third kappa shape index (κ3) is 53.2. The quantitative estimate of drug-likeness (QED) is 0.0199. The number of esters is 3. The van der Waals surface area contributed by atoms with Crippen LogP contribution in [0.25, 0.3) is 0 Å². The largest absolute Gasteiger partial charge is 0.462 e. The molecule has 382 valence electrons. The van der Waals surface area contributed by atoms with Gasteiger partial charge in [0.2, 0.25) is 0 Å². The van der Waals surface area contributed by atoms with Crippen molar-refractivity contribution in [2.24, 2.45) is 0 Å². The minimum Gasteiger partial charge on any atom is -0.462 e. The second kappa shape index (κ2) is 54.9.